The zero-order chi connectivity index (χ0) is 22.9. The lowest BCUT2D eigenvalue weighted by Crippen LogP contribution is -2.32. The van der Waals surface area contributed by atoms with Gasteiger partial charge in [-0.15, -0.1) is 0 Å². The maximum atomic E-state index is 12.3. The Labute approximate surface area is 197 Å². The standard InChI is InChI=1S/C28H37N3O2/c1-22-15-17-24(18-16-22)33-21-20-31-26-13-8-7-12-25(26)30-27(31)14-6-3-9-19-29-28(32)23-10-4-2-5-11-23/h7-8,12-13,15-18,23H,2-6,9-11,14,19-21H2,1H3,(H,29,32). The molecule has 3 aromatic rings. The molecule has 0 atom stereocenters. The molecule has 1 N–H and O–H groups in total. The molecule has 176 valence electrons. The fraction of sp³-hybridized carbons (Fsp3) is 0.500. The third-order valence-electron chi connectivity index (χ3n) is 6.69. The summed E-state index contributed by atoms with van der Waals surface area (Å²) >= 11 is 0. The number of carbonyl (C=O) groups is 1. The van der Waals surface area contributed by atoms with Crippen LogP contribution in [0.5, 0.6) is 5.75 Å². The van der Waals surface area contributed by atoms with Crippen LogP contribution in [0, 0.1) is 12.8 Å². The van der Waals surface area contributed by atoms with Crippen molar-refractivity contribution in [2.75, 3.05) is 13.2 Å². The number of carbonyl (C=O) groups excluding carboxylic acids is 1. The van der Waals surface area contributed by atoms with Crippen molar-refractivity contribution in [3.05, 3.63) is 59.9 Å². The quantitative estimate of drug-likeness (QED) is 0.376. The van der Waals surface area contributed by atoms with Crippen molar-refractivity contribution in [3.8, 4) is 5.75 Å². The van der Waals surface area contributed by atoms with Crippen LogP contribution in [-0.2, 0) is 17.8 Å². The van der Waals surface area contributed by atoms with Gasteiger partial charge in [-0.05, 0) is 56.9 Å². The highest BCUT2D eigenvalue weighted by molar-refractivity contribution is 5.78. The fourth-order valence-electron chi connectivity index (χ4n) is 4.76. The number of para-hydroxylation sites is 2. The normalized spacial score (nSPS) is 14.5. The molecule has 1 saturated carbocycles. The van der Waals surface area contributed by atoms with Crippen molar-refractivity contribution in [1.82, 2.24) is 14.9 Å². The minimum atomic E-state index is 0.251. The van der Waals surface area contributed by atoms with E-state index < -0.39 is 0 Å². The Hall–Kier alpha value is -2.82. The molecule has 1 amide bonds. The lowest BCUT2D eigenvalue weighted by Gasteiger charge is -2.20. The van der Waals surface area contributed by atoms with Crippen LogP contribution in [-0.4, -0.2) is 28.6 Å². The predicted octanol–water partition coefficient (Wildman–Crippen LogP) is 5.83. The Balaban J connectivity index is 1.24. The van der Waals surface area contributed by atoms with Crippen molar-refractivity contribution in [2.24, 2.45) is 5.92 Å². The summed E-state index contributed by atoms with van der Waals surface area (Å²) in [6.45, 7) is 4.26. The number of rotatable bonds is 11. The summed E-state index contributed by atoms with van der Waals surface area (Å²) in [5, 5.41) is 3.15. The molecule has 0 aliphatic heterocycles. The number of nitrogens with zero attached hydrogens (tertiary/aromatic N) is 2. The molecule has 1 fully saturated rings. The van der Waals surface area contributed by atoms with Crippen LogP contribution < -0.4 is 10.1 Å². The topological polar surface area (TPSA) is 56.1 Å². The highest BCUT2D eigenvalue weighted by Crippen LogP contribution is 2.23. The van der Waals surface area contributed by atoms with Crippen LogP contribution in [0.25, 0.3) is 11.0 Å². The molecule has 33 heavy (non-hydrogen) atoms. The lowest BCUT2D eigenvalue weighted by atomic mass is 9.89. The SMILES string of the molecule is Cc1ccc(OCCn2c(CCCCCNC(=O)C3CCCCC3)nc3ccccc32)cc1. The van der Waals surface area contributed by atoms with E-state index >= 15 is 0 Å². The number of nitrogens with one attached hydrogen (secondary N) is 1. The Morgan fingerprint density at radius 1 is 1.03 bits per heavy atom. The third kappa shape index (κ3) is 6.59. The van der Waals surface area contributed by atoms with E-state index in [0.29, 0.717) is 6.61 Å². The Bertz CT molecular complexity index is 1020. The van der Waals surface area contributed by atoms with Gasteiger partial charge in [0.25, 0.3) is 0 Å². The van der Waals surface area contributed by atoms with E-state index in [1.54, 1.807) is 0 Å². The molecule has 5 heteroatoms. The molecule has 1 heterocycles. The molecule has 1 aliphatic rings. The zero-order valence-electron chi connectivity index (χ0n) is 19.9. The number of imidazole rings is 1. The first-order chi connectivity index (χ1) is 16.2. The van der Waals surface area contributed by atoms with Crippen LogP contribution in [0.3, 0.4) is 0 Å². The van der Waals surface area contributed by atoms with Gasteiger partial charge in [-0.25, -0.2) is 4.98 Å². The van der Waals surface area contributed by atoms with Gasteiger partial charge in [0.05, 0.1) is 17.6 Å². The number of fused-ring (bicyclic) bond motifs is 1. The van der Waals surface area contributed by atoms with Gasteiger partial charge in [0.1, 0.15) is 18.2 Å². The summed E-state index contributed by atoms with van der Waals surface area (Å²) < 4.78 is 8.28. The summed E-state index contributed by atoms with van der Waals surface area (Å²) in [5.41, 5.74) is 3.45. The molecule has 5 nitrogen and oxygen atoms in total. The first-order valence-corrected chi connectivity index (χ1v) is 12.6. The second-order valence-corrected chi connectivity index (χ2v) is 9.27. The van der Waals surface area contributed by atoms with Crippen LogP contribution in [0.2, 0.25) is 0 Å². The molecule has 0 radical (unpaired) electrons. The van der Waals surface area contributed by atoms with Crippen LogP contribution in [0.4, 0.5) is 0 Å². The Kier molecular flexibility index (Phi) is 8.40. The number of unbranched alkanes of at least 4 members (excludes halogenated alkanes) is 2. The largest absolute Gasteiger partial charge is 0.492 e. The Morgan fingerprint density at radius 2 is 1.82 bits per heavy atom. The number of aromatic nitrogens is 2. The molecule has 0 spiro atoms. The second-order valence-electron chi connectivity index (χ2n) is 9.27. The molecular formula is C28H37N3O2. The maximum Gasteiger partial charge on any atom is 0.223 e. The highest BCUT2D eigenvalue weighted by Gasteiger charge is 2.20. The van der Waals surface area contributed by atoms with E-state index in [2.05, 4.69) is 47.1 Å². The number of hydrogen-bond donors (Lipinski definition) is 1. The van der Waals surface area contributed by atoms with Crippen molar-refractivity contribution in [1.29, 1.82) is 0 Å². The third-order valence-corrected chi connectivity index (χ3v) is 6.69. The van der Waals surface area contributed by atoms with E-state index in [1.807, 2.05) is 18.2 Å². The first kappa shape index (κ1) is 23.3. The van der Waals surface area contributed by atoms with Gasteiger partial charge >= 0.3 is 0 Å². The van der Waals surface area contributed by atoms with Crippen molar-refractivity contribution in [3.63, 3.8) is 0 Å². The van der Waals surface area contributed by atoms with Gasteiger partial charge in [-0.2, -0.15) is 0 Å². The highest BCUT2D eigenvalue weighted by atomic mass is 16.5. The number of ether oxygens (including phenoxy) is 1. The van der Waals surface area contributed by atoms with E-state index in [0.717, 1.165) is 68.7 Å². The van der Waals surface area contributed by atoms with Gasteiger partial charge in [0, 0.05) is 18.9 Å². The summed E-state index contributed by atoms with van der Waals surface area (Å²) in [4.78, 5) is 17.2. The molecular weight excluding hydrogens is 410 g/mol. The van der Waals surface area contributed by atoms with Gasteiger partial charge in [-0.1, -0.05) is 55.5 Å². The lowest BCUT2D eigenvalue weighted by molar-refractivity contribution is -0.125. The number of amides is 1. The Morgan fingerprint density at radius 3 is 2.64 bits per heavy atom. The number of aryl methyl sites for hydroxylation is 2. The average molecular weight is 448 g/mol. The number of benzene rings is 2. The summed E-state index contributed by atoms with van der Waals surface area (Å²) in [7, 11) is 0. The maximum absolute atomic E-state index is 12.3. The molecule has 1 aromatic heterocycles. The van der Waals surface area contributed by atoms with Crippen molar-refractivity contribution in [2.45, 2.75) is 71.3 Å². The van der Waals surface area contributed by atoms with Crippen molar-refractivity contribution >= 4 is 16.9 Å². The first-order valence-electron chi connectivity index (χ1n) is 12.6. The molecule has 2 aromatic carbocycles. The molecule has 0 unspecified atom stereocenters. The summed E-state index contributed by atoms with van der Waals surface area (Å²) in [5.74, 6) is 2.54. The zero-order valence-corrected chi connectivity index (χ0v) is 19.9. The second kappa shape index (κ2) is 11.9. The summed E-state index contributed by atoms with van der Waals surface area (Å²) in [6, 6.07) is 16.5. The molecule has 0 bridgehead atoms. The molecule has 4 rings (SSSR count). The monoisotopic (exact) mass is 447 g/mol. The van der Waals surface area contributed by atoms with Crippen molar-refractivity contribution < 1.29 is 9.53 Å². The van der Waals surface area contributed by atoms with E-state index in [-0.39, 0.29) is 11.8 Å². The van der Waals surface area contributed by atoms with Gasteiger partial charge in [0.15, 0.2) is 0 Å². The average Bonchev–Trinajstić information content (AvgIpc) is 3.20. The summed E-state index contributed by atoms with van der Waals surface area (Å²) in [6.07, 6.45) is 9.95. The van der Waals surface area contributed by atoms with E-state index in [1.165, 1.54) is 30.3 Å². The van der Waals surface area contributed by atoms with Crippen LogP contribution >= 0.6 is 0 Å². The van der Waals surface area contributed by atoms with Gasteiger partial charge in [0.2, 0.25) is 5.91 Å². The minimum Gasteiger partial charge on any atom is -0.492 e. The van der Waals surface area contributed by atoms with Gasteiger partial charge < -0.3 is 14.6 Å². The predicted molar refractivity (Wildman–Crippen MR) is 134 cm³/mol. The van der Waals surface area contributed by atoms with Gasteiger partial charge in [-0.3, -0.25) is 4.79 Å². The smallest absolute Gasteiger partial charge is 0.223 e. The van der Waals surface area contributed by atoms with Crippen LogP contribution in [0.15, 0.2) is 48.5 Å². The molecule has 0 saturated heterocycles. The minimum absolute atomic E-state index is 0.251. The fourth-order valence-corrected chi connectivity index (χ4v) is 4.76. The number of hydrogen-bond acceptors (Lipinski definition) is 3. The van der Waals surface area contributed by atoms with E-state index in [9.17, 15) is 4.79 Å². The van der Waals surface area contributed by atoms with Crippen LogP contribution in [0.1, 0.15) is 62.8 Å². The molecule has 1 aliphatic carbocycles. The van der Waals surface area contributed by atoms with E-state index in [4.69, 9.17) is 9.72 Å².